The van der Waals surface area contributed by atoms with Crippen molar-refractivity contribution in [3.05, 3.63) is 24.3 Å². The van der Waals surface area contributed by atoms with Crippen molar-refractivity contribution in [1.29, 1.82) is 0 Å². The summed E-state index contributed by atoms with van der Waals surface area (Å²) < 4.78 is 0. The van der Waals surface area contributed by atoms with Crippen molar-refractivity contribution in [2.75, 3.05) is 0 Å². The van der Waals surface area contributed by atoms with Crippen molar-refractivity contribution in [2.45, 2.75) is 40.0 Å². The molecule has 0 heterocycles. The van der Waals surface area contributed by atoms with E-state index in [-0.39, 0.29) is 11.3 Å². The Hall–Kier alpha value is -0.850. The molecule has 1 fully saturated rings. The van der Waals surface area contributed by atoms with Gasteiger partial charge < -0.3 is 0 Å². The minimum absolute atomic E-state index is 0.187. The maximum absolute atomic E-state index is 11.6. The number of ketones is 1. The second-order valence-electron chi connectivity index (χ2n) is 5.83. The van der Waals surface area contributed by atoms with Crippen molar-refractivity contribution in [3.8, 4) is 0 Å². The molecule has 2 rings (SSSR count). The lowest BCUT2D eigenvalue weighted by atomic mass is 9.63. The van der Waals surface area contributed by atoms with Crippen LogP contribution in [0.4, 0.5) is 0 Å². The topological polar surface area (TPSA) is 17.1 Å². The predicted molar refractivity (Wildman–Crippen MR) is 67.1 cm³/mol. The summed E-state index contributed by atoms with van der Waals surface area (Å²) in [6.07, 6.45) is 7.55. The van der Waals surface area contributed by atoms with E-state index in [0.29, 0.717) is 17.6 Å². The molecule has 0 N–H and O–H groups in total. The summed E-state index contributed by atoms with van der Waals surface area (Å²) in [5.74, 6) is 1.74. The molecule has 1 saturated carbocycles. The van der Waals surface area contributed by atoms with Crippen LogP contribution in [0, 0.1) is 23.2 Å². The van der Waals surface area contributed by atoms with E-state index in [2.05, 4.69) is 33.4 Å². The number of carbonyl (C=O) groups is 1. The normalized spacial score (nSPS) is 42.9. The third-order valence-corrected chi connectivity index (χ3v) is 4.75. The summed E-state index contributed by atoms with van der Waals surface area (Å²) in [4.78, 5) is 11.6. The van der Waals surface area contributed by atoms with Crippen LogP contribution in [0.1, 0.15) is 40.0 Å². The summed E-state index contributed by atoms with van der Waals surface area (Å²) in [5, 5.41) is 0. The first-order chi connectivity index (χ1) is 7.47. The Labute approximate surface area is 98.6 Å². The molecule has 0 aliphatic heterocycles. The third kappa shape index (κ3) is 1.57. The first-order valence-corrected chi connectivity index (χ1v) is 6.36. The standard InChI is InChI=1S/C15H22O/c1-10(2)13-6-5-12(4)15(13)8-7-14(16)11(3)9-15/h7-8,11-13H,1,5-6,9H2,2-4H3. The van der Waals surface area contributed by atoms with Crippen LogP contribution in [0.2, 0.25) is 0 Å². The molecule has 0 aromatic rings. The molecule has 0 aromatic carbocycles. The number of hydrogen-bond acceptors (Lipinski definition) is 1. The monoisotopic (exact) mass is 218 g/mol. The Bertz CT molecular complexity index is 352. The van der Waals surface area contributed by atoms with Crippen LogP contribution in [0.5, 0.6) is 0 Å². The third-order valence-electron chi connectivity index (χ3n) is 4.75. The molecule has 0 amide bonds. The van der Waals surface area contributed by atoms with Crippen LogP contribution in [-0.2, 0) is 4.79 Å². The molecule has 2 aliphatic carbocycles. The van der Waals surface area contributed by atoms with Gasteiger partial charge >= 0.3 is 0 Å². The minimum Gasteiger partial charge on any atom is -0.295 e. The van der Waals surface area contributed by atoms with Gasteiger partial charge in [-0.1, -0.05) is 32.1 Å². The highest BCUT2D eigenvalue weighted by Crippen LogP contribution is 2.56. The number of carbonyl (C=O) groups excluding carboxylic acids is 1. The number of hydrogen-bond donors (Lipinski definition) is 0. The minimum atomic E-state index is 0.187. The van der Waals surface area contributed by atoms with Crippen molar-refractivity contribution in [2.24, 2.45) is 23.2 Å². The predicted octanol–water partition coefficient (Wildman–Crippen LogP) is 3.76. The molecular formula is C15H22O. The van der Waals surface area contributed by atoms with Gasteiger partial charge in [0.25, 0.3) is 0 Å². The molecule has 0 aromatic heterocycles. The van der Waals surface area contributed by atoms with Crippen molar-refractivity contribution in [1.82, 2.24) is 0 Å². The molecule has 1 spiro atoms. The molecule has 4 unspecified atom stereocenters. The van der Waals surface area contributed by atoms with Gasteiger partial charge in [0.2, 0.25) is 0 Å². The molecule has 0 saturated heterocycles. The second kappa shape index (κ2) is 3.87. The largest absolute Gasteiger partial charge is 0.295 e. The Kier molecular flexibility index (Phi) is 2.81. The van der Waals surface area contributed by atoms with Crippen molar-refractivity contribution in [3.63, 3.8) is 0 Å². The maximum atomic E-state index is 11.6. The SMILES string of the molecule is C=C(C)C1CCC(C)C12C=CC(=O)C(C)C2. The van der Waals surface area contributed by atoms with Crippen LogP contribution in [0.15, 0.2) is 24.3 Å². The van der Waals surface area contributed by atoms with Gasteiger partial charge in [0.05, 0.1) is 0 Å². The highest BCUT2D eigenvalue weighted by Gasteiger charge is 2.48. The fraction of sp³-hybridized carbons (Fsp3) is 0.667. The Balaban J connectivity index is 2.38. The Morgan fingerprint density at radius 3 is 2.69 bits per heavy atom. The van der Waals surface area contributed by atoms with Crippen LogP contribution in [0.25, 0.3) is 0 Å². The van der Waals surface area contributed by atoms with Crippen LogP contribution in [-0.4, -0.2) is 5.78 Å². The van der Waals surface area contributed by atoms with E-state index in [1.54, 1.807) is 0 Å². The molecule has 88 valence electrons. The first-order valence-electron chi connectivity index (χ1n) is 6.36. The average Bonchev–Trinajstić information content (AvgIpc) is 2.51. The molecule has 0 radical (unpaired) electrons. The lowest BCUT2D eigenvalue weighted by molar-refractivity contribution is -0.119. The van der Waals surface area contributed by atoms with E-state index in [4.69, 9.17) is 0 Å². The van der Waals surface area contributed by atoms with E-state index in [0.717, 1.165) is 6.42 Å². The van der Waals surface area contributed by atoms with E-state index in [1.165, 1.54) is 18.4 Å². The summed E-state index contributed by atoms with van der Waals surface area (Å²) in [6, 6.07) is 0. The second-order valence-corrected chi connectivity index (χ2v) is 5.83. The Morgan fingerprint density at radius 1 is 1.44 bits per heavy atom. The molecular weight excluding hydrogens is 196 g/mol. The fourth-order valence-corrected chi connectivity index (χ4v) is 3.73. The van der Waals surface area contributed by atoms with Gasteiger partial charge in [-0.05, 0) is 49.5 Å². The number of rotatable bonds is 1. The van der Waals surface area contributed by atoms with Gasteiger partial charge in [0.1, 0.15) is 0 Å². The molecule has 2 aliphatic rings. The average molecular weight is 218 g/mol. The van der Waals surface area contributed by atoms with E-state index in [1.807, 2.05) is 6.08 Å². The van der Waals surface area contributed by atoms with Gasteiger partial charge in [0.15, 0.2) is 5.78 Å². The zero-order valence-corrected chi connectivity index (χ0v) is 10.6. The maximum Gasteiger partial charge on any atom is 0.158 e. The lowest BCUT2D eigenvalue weighted by Gasteiger charge is -2.41. The molecule has 4 atom stereocenters. The van der Waals surface area contributed by atoms with E-state index >= 15 is 0 Å². The summed E-state index contributed by atoms with van der Waals surface area (Å²) in [5.41, 5.74) is 1.51. The lowest BCUT2D eigenvalue weighted by Crippen LogP contribution is -2.36. The first kappa shape index (κ1) is 11.6. The van der Waals surface area contributed by atoms with E-state index < -0.39 is 0 Å². The van der Waals surface area contributed by atoms with E-state index in [9.17, 15) is 4.79 Å². The summed E-state index contributed by atoms with van der Waals surface area (Å²) in [7, 11) is 0. The van der Waals surface area contributed by atoms with Gasteiger partial charge in [-0.3, -0.25) is 4.79 Å². The van der Waals surface area contributed by atoms with Crippen LogP contribution < -0.4 is 0 Å². The van der Waals surface area contributed by atoms with Crippen molar-refractivity contribution < 1.29 is 4.79 Å². The van der Waals surface area contributed by atoms with Gasteiger partial charge in [-0.2, -0.15) is 0 Å². The molecule has 1 nitrogen and oxygen atoms in total. The van der Waals surface area contributed by atoms with Crippen LogP contribution in [0.3, 0.4) is 0 Å². The zero-order valence-electron chi connectivity index (χ0n) is 10.6. The highest BCUT2D eigenvalue weighted by atomic mass is 16.1. The van der Waals surface area contributed by atoms with Crippen LogP contribution >= 0.6 is 0 Å². The fourth-order valence-electron chi connectivity index (χ4n) is 3.73. The Morgan fingerprint density at radius 2 is 2.12 bits per heavy atom. The summed E-state index contributed by atoms with van der Waals surface area (Å²) in [6.45, 7) is 10.7. The highest BCUT2D eigenvalue weighted by molar-refractivity contribution is 5.92. The van der Waals surface area contributed by atoms with Gasteiger partial charge in [-0.15, -0.1) is 0 Å². The number of allylic oxidation sites excluding steroid dienone is 3. The molecule has 16 heavy (non-hydrogen) atoms. The smallest absolute Gasteiger partial charge is 0.158 e. The van der Waals surface area contributed by atoms with Crippen molar-refractivity contribution >= 4 is 5.78 Å². The quantitative estimate of drug-likeness (QED) is 0.612. The molecule has 0 bridgehead atoms. The summed E-state index contributed by atoms with van der Waals surface area (Å²) >= 11 is 0. The van der Waals surface area contributed by atoms with Gasteiger partial charge in [-0.25, -0.2) is 0 Å². The molecule has 1 heteroatoms. The van der Waals surface area contributed by atoms with Gasteiger partial charge in [0, 0.05) is 5.92 Å². The zero-order chi connectivity index (χ0) is 11.9.